The van der Waals surface area contributed by atoms with Gasteiger partial charge in [0.25, 0.3) is 0 Å². The van der Waals surface area contributed by atoms with Crippen molar-refractivity contribution in [2.45, 2.75) is 43.8 Å². The number of carbonyl (C=O) groups is 2. The van der Waals surface area contributed by atoms with Crippen molar-refractivity contribution in [1.82, 2.24) is 10.2 Å². The normalized spacial score (nSPS) is 36.5. The lowest BCUT2D eigenvalue weighted by atomic mass is 9.97. The third-order valence-corrected chi connectivity index (χ3v) is 3.42. The molecule has 0 aromatic rings. The molecule has 0 bridgehead atoms. The van der Waals surface area contributed by atoms with Gasteiger partial charge in [0, 0.05) is 18.6 Å². The molecule has 5 nitrogen and oxygen atoms in total. The molecular weight excluding hydrogens is 196 g/mol. The lowest BCUT2D eigenvalue weighted by molar-refractivity contribution is -0.145. The number of amides is 1. The van der Waals surface area contributed by atoms with Crippen LogP contribution in [-0.4, -0.2) is 46.6 Å². The summed E-state index contributed by atoms with van der Waals surface area (Å²) in [5, 5.41) is 11.7. The molecule has 1 amide bonds. The molecule has 1 aliphatic carbocycles. The molecule has 2 unspecified atom stereocenters. The van der Waals surface area contributed by atoms with Crippen molar-refractivity contribution in [3.8, 4) is 0 Å². The van der Waals surface area contributed by atoms with Gasteiger partial charge in [0.15, 0.2) is 5.54 Å². The Bertz CT molecular complexity index is 290. The van der Waals surface area contributed by atoms with Gasteiger partial charge < -0.3 is 10.4 Å². The highest BCUT2D eigenvalue weighted by molar-refractivity contribution is 5.82. The second kappa shape index (κ2) is 3.48. The first kappa shape index (κ1) is 10.4. The number of carboxylic acids is 1. The van der Waals surface area contributed by atoms with Crippen LogP contribution in [0.2, 0.25) is 0 Å². The predicted molar refractivity (Wildman–Crippen MR) is 53.4 cm³/mol. The SMILES string of the molecule is CC1CC(NC=O)(C(=O)O)CN1C1CC1. The molecule has 2 atom stereocenters. The van der Waals surface area contributed by atoms with E-state index in [2.05, 4.69) is 10.2 Å². The molecule has 1 saturated heterocycles. The van der Waals surface area contributed by atoms with Crippen molar-refractivity contribution in [1.29, 1.82) is 0 Å². The largest absolute Gasteiger partial charge is 0.479 e. The quantitative estimate of drug-likeness (QED) is 0.634. The third-order valence-electron chi connectivity index (χ3n) is 3.42. The van der Waals surface area contributed by atoms with Gasteiger partial charge in [0.2, 0.25) is 6.41 Å². The molecular formula is C10H16N2O3. The fourth-order valence-corrected chi connectivity index (χ4v) is 2.48. The van der Waals surface area contributed by atoms with Gasteiger partial charge in [-0.15, -0.1) is 0 Å². The van der Waals surface area contributed by atoms with Crippen LogP contribution in [0.5, 0.6) is 0 Å². The van der Waals surface area contributed by atoms with E-state index >= 15 is 0 Å². The minimum absolute atomic E-state index is 0.237. The number of likely N-dealkylation sites (tertiary alicyclic amines) is 1. The zero-order chi connectivity index (χ0) is 11.1. The van der Waals surface area contributed by atoms with Crippen LogP contribution in [0.4, 0.5) is 0 Å². The molecule has 5 heteroatoms. The average Bonchev–Trinajstić information content (AvgIpc) is 2.93. The maximum absolute atomic E-state index is 11.2. The van der Waals surface area contributed by atoms with Crippen LogP contribution in [-0.2, 0) is 9.59 Å². The molecule has 0 radical (unpaired) electrons. The molecule has 0 aromatic carbocycles. The van der Waals surface area contributed by atoms with Crippen LogP contribution in [0, 0.1) is 0 Å². The summed E-state index contributed by atoms with van der Waals surface area (Å²) in [7, 11) is 0. The van der Waals surface area contributed by atoms with Crippen molar-refractivity contribution < 1.29 is 14.7 Å². The highest BCUT2D eigenvalue weighted by Gasteiger charge is 2.51. The molecule has 2 fully saturated rings. The van der Waals surface area contributed by atoms with Gasteiger partial charge in [-0.1, -0.05) is 0 Å². The van der Waals surface area contributed by atoms with E-state index in [0.717, 1.165) is 12.8 Å². The van der Waals surface area contributed by atoms with E-state index < -0.39 is 11.5 Å². The van der Waals surface area contributed by atoms with Gasteiger partial charge >= 0.3 is 5.97 Å². The second-order valence-electron chi connectivity index (χ2n) is 4.61. The summed E-state index contributed by atoms with van der Waals surface area (Å²) in [5.41, 5.74) is -1.07. The number of aliphatic carboxylic acids is 1. The van der Waals surface area contributed by atoms with Crippen molar-refractivity contribution in [3.63, 3.8) is 0 Å². The number of carboxylic acid groups (broad SMARTS) is 1. The smallest absolute Gasteiger partial charge is 0.330 e. The first-order valence-corrected chi connectivity index (χ1v) is 5.29. The summed E-state index contributed by atoms with van der Waals surface area (Å²) >= 11 is 0. The number of rotatable bonds is 4. The standard InChI is InChI=1S/C10H16N2O3/c1-7-4-10(9(14)15,11-6-13)5-12(7)8-2-3-8/h6-8H,2-5H2,1H3,(H,11,13)(H,14,15). The van der Waals surface area contributed by atoms with Crippen LogP contribution in [0.15, 0.2) is 0 Å². The van der Waals surface area contributed by atoms with Crippen molar-refractivity contribution in [3.05, 3.63) is 0 Å². The maximum atomic E-state index is 11.2. The van der Waals surface area contributed by atoms with Gasteiger partial charge in [-0.05, 0) is 26.2 Å². The maximum Gasteiger partial charge on any atom is 0.330 e. The van der Waals surface area contributed by atoms with Crippen LogP contribution < -0.4 is 5.32 Å². The molecule has 2 rings (SSSR count). The summed E-state index contributed by atoms with van der Waals surface area (Å²) in [6.07, 6.45) is 3.30. The van der Waals surface area contributed by atoms with Crippen LogP contribution in [0.1, 0.15) is 26.2 Å². The number of carbonyl (C=O) groups excluding carboxylic acids is 1. The molecule has 0 aromatic heterocycles. The van der Waals surface area contributed by atoms with Gasteiger partial charge in [-0.3, -0.25) is 9.69 Å². The lowest BCUT2D eigenvalue weighted by Gasteiger charge is -2.24. The number of nitrogens with one attached hydrogen (secondary N) is 1. The highest BCUT2D eigenvalue weighted by Crippen LogP contribution is 2.37. The topological polar surface area (TPSA) is 69.6 Å². The summed E-state index contributed by atoms with van der Waals surface area (Å²) in [4.78, 5) is 23.9. The van der Waals surface area contributed by atoms with Crippen LogP contribution in [0.25, 0.3) is 0 Å². The summed E-state index contributed by atoms with van der Waals surface area (Å²) < 4.78 is 0. The van der Waals surface area contributed by atoms with Gasteiger partial charge in [0.05, 0.1) is 0 Å². The molecule has 1 heterocycles. The predicted octanol–water partition coefficient (Wildman–Crippen LogP) is -0.188. The second-order valence-corrected chi connectivity index (χ2v) is 4.61. The van der Waals surface area contributed by atoms with E-state index in [1.54, 1.807) is 0 Å². The minimum atomic E-state index is -1.07. The Kier molecular flexibility index (Phi) is 2.42. The van der Waals surface area contributed by atoms with Crippen molar-refractivity contribution in [2.75, 3.05) is 6.54 Å². The van der Waals surface area contributed by atoms with E-state index in [9.17, 15) is 14.7 Å². The Morgan fingerprint density at radius 1 is 1.60 bits per heavy atom. The molecule has 2 N–H and O–H groups in total. The zero-order valence-electron chi connectivity index (χ0n) is 8.77. The fourth-order valence-electron chi connectivity index (χ4n) is 2.48. The Morgan fingerprint density at radius 2 is 2.27 bits per heavy atom. The molecule has 15 heavy (non-hydrogen) atoms. The fraction of sp³-hybridized carbons (Fsp3) is 0.800. The van der Waals surface area contributed by atoms with Crippen LogP contribution in [0.3, 0.4) is 0 Å². The molecule has 84 valence electrons. The Labute approximate surface area is 88.4 Å². The average molecular weight is 212 g/mol. The van der Waals surface area contributed by atoms with Gasteiger partial charge in [-0.25, -0.2) is 4.79 Å². The van der Waals surface area contributed by atoms with Crippen LogP contribution >= 0.6 is 0 Å². The van der Waals surface area contributed by atoms with E-state index in [1.807, 2.05) is 6.92 Å². The number of hydrogen-bond donors (Lipinski definition) is 2. The number of nitrogens with zero attached hydrogens (tertiary/aromatic N) is 1. The Balaban J connectivity index is 2.14. The van der Waals surface area contributed by atoms with E-state index in [4.69, 9.17) is 0 Å². The Hall–Kier alpha value is -1.10. The number of hydrogen-bond acceptors (Lipinski definition) is 3. The first-order chi connectivity index (χ1) is 7.09. The zero-order valence-corrected chi connectivity index (χ0v) is 8.77. The van der Waals surface area contributed by atoms with E-state index in [0.29, 0.717) is 25.4 Å². The Morgan fingerprint density at radius 3 is 2.73 bits per heavy atom. The summed E-state index contributed by atoms with van der Waals surface area (Å²) in [6.45, 7) is 2.46. The monoisotopic (exact) mass is 212 g/mol. The van der Waals surface area contributed by atoms with Gasteiger partial charge in [0.1, 0.15) is 0 Å². The molecule has 2 aliphatic rings. The molecule has 1 saturated carbocycles. The third kappa shape index (κ3) is 1.71. The first-order valence-electron chi connectivity index (χ1n) is 5.29. The van der Waals surface area contributed by atoms with Gasteiger partial charge in [-0.2, -0.15) is 0 Å². The summed E-state index contributed by atoms with van der Waals surface area (Å²) in [5.74, 6) is -0.926. The van der Waals surface area contributed by atoms with Crippen molar-refractivity contribution in [2.24, 2.45) is 0 Å². The van der Waals surface area contributed by atoms with Crippen molar-refractivity contribution >= 4 is 12.4 Å². The lowest BCUT2D eigenvalue weighted by Crippen LogP contribution is -2.53. The minimum Gasteiger partial charge on any atom is -0.479 e. The molecule has 0 spiro atoms. The highest BCUT2D eigenvalue weighted by atomic mass is 16.4. The molecule has 1 aliphatic heterocycles. The summed E-state index contributed by atoms with van der Waals surface area (Å²) in [6, 6.07) is 0.774. The van der Waals surface area contributed by atoms with E-state index in [1.165, 1.54) is 0 Å². The van der Waals surface area contributed by atoms with E-state index in [-0.39, 0.29) is 6.04 Å².